The Labute approximate surface area is 79.9 Å². The molecule has 0 spiro atoms. The van der Waals surface area contributed by atoms with Crippen LogP contribution in [-0.2, 0) is 0 Å². The van der Waals surface area contributed by atoms with Gasteiger partial charge in [0.25, 0.3) is 0 Å². The lowest BCUT2D eigenvalue weighted by Crippen LogP contribution is -1.97. The van der Waals surface area contributed by atoms with Crippen LogP contribution < -0.4 is 16.1 Å². The van der Waals surface area contributed by atoms with Crippen LogP contribution in [0.4, 0.5) is 5.69 Å². The van der Waals surface area contributed by atoms with E-state index < -0.39 is 0 Å². The molecule has 4 heteroatoms. The lowest BCUT2D eigenvalue weighted by atomic mass is 10.2. The van der Waals surface area contributed by atoms with Gasteiger partial charge in [0.2, 0.25) is 0 Å². The number of nitrogen functional groups attached to an aromatic ring is 1. The summed E-state index contributed by atoms with van der Waals surface area (Å²) >= 11 is 0. The van der Waals surface area contributed by atoms with E-state index >= 15 is 0 Å². The van der Waals surface area contributed by atoms with Gasteiger partial charge in [0.05, 0.1) is 12.8 Å². The number of hydrogen-bond acceptors (Lipinski definition) is 4. The molecule has 2 N–H and O–H groups in total. The molecule has 0 aliphatic rings. The van der Waals surface area contributed by atoms with Crippen LogP contribution in [0.2, 0.25) is 0 Å². The Morgan fingerprint density at radius 2 is 2.14 bits per heavy atom. The van der Waals surface area contributed by atoms with E-state index in [1.54, 1.807) is 18.2 Å². The van der Waals surface area contributed by atoms with Gasteiger partial charge in [-0.05, 0) is 12.1 Å². The highest BCUT2D eigenvalue weighted by Crippen LogP contribution is 2.26. The molecule has 0 saturated heterocycles. The van der Waals surface area contributed by atoms with E-state index in [0.29, 0.717) is 17.0 Å². The molecule has 1 heterocycles. The largest absolute Gasteiger partial charge is 0.494 e. The van der Waals surface area contributed by atoms with E-state index in [0.717, 1.165) is 5.39 Å². The predicted molar refractivity (Wildman–Crippen MR) is 53.4 cm³/mol. The summed E-state index contributed by atoms with van der Waals surface area (Å²) in [7, 11) is 1.51. The molecule has 0 atom stereocenters. The molecule has 0 aliphatic carbocycles. The molecule has 0 unspecified atom stereocenters. The van der Waals surface area contributed by atoms with Crippen LogP contribution >= 0.6 is 0 Å². The number of fused-ring (bicyclic) bond motifs is 1. The Kier molecular flexibility index (Phi) is 1.89. The molecule has 0 bridgehead atoms. The van der Waals surface area contributed by atoms with Crippen LogP contribution in [-0.4, -0.2) is 7.11 Å². The first-order chi connectivity index (χ1) is 6.70. The lowest BCUT2D eigenvalue weighted by molar-refractivity contribution is 0.416. The molecule has 0 aliphatic heterocycles. The molecule has 14 heavy (non-hydrogen) atoms. The zero-order chi connectivity index (χ0) is 10.1. The molecule has 0 saturated carbocycles. The van der Waals surface area contributed by atoms with E-state index in [1.807, 2.05) is 0 Å². The standard InChI is InChI=1S/C10H9NO3/c1-13-9-5-8-6(4-7(9)11)2-3-10(12)14-8/h2-5H,11H2,1H3. The van der Waals surface area contributed by atoms with Crippen LogP contribution in [0.1, 0.15) is 0 Å². The van der Waals surface area contributed by atoms with Crippen LogP contribution in [0.3, 0.4) is 0 Å². The van der Waals surface area contributed by atoms with Gasteiger partial charge in [-0.3, -0.25) is 0 Å². The number of rotatable bonds is 1. The maximum atomic E-state index is 10.9. The number of nitrogens with two attached hydrogens (primary N) is 1. The summed E-state index contributed by atoms with van der Waals surface area (Å²) in [5, 5.41) is 0.780. The summed E-state index contributed by atoms with van der Waals surface area (Å²) in [6, 6.07) is 6.33. The van der Waals surface area contributed by atoms with E-state index in [2.05, 4.69) is 0 Å². The van der Waals surface area contributed by atoms with E-state index in [1.165, 1.54) is 13.2 Å². The van der Waals surface area contributed by atoms with Gasteiger partial charge in [-0.1, -0.05) is 0 Å². The number of hydrogen-bond donors (Lipinski definition) is 1. The van der Waals surface area contributed by atoms with Crippen LogP contribution in [0.25, 0.3) is 11.0 Å². The van der Waals surface area contributed by atoms with Gasteiger partial charge >= 0.3 is 5.63 Å². The third-order valence-electron chi connectivity index (χ3n) is 1.97. The van der Waals surface area contributed by atoms with Gasteiger partial charge < -0.3 is 14.9 Å². The van der Waals surface area contributed by atoms with Gasteiger partial charge in [0, 0.05) is 17.5 Å². The fourth-order valence-electron chi connectivity index (χ4n) is 1.29. The topological polar surface area (TPSA) is 65.5 Å². The van der Waals surface area contributed by atoms with E-state index in [4.69, 9.17) is 14.9 Å². The van der Waals surface area contributed by atoms with Crippen molar-refractivity contribution in [2.75, 3.05) is 12.8 Å². The zero-order valence-electron chi connectivity index (χ0n) is 7.61. The lowest BCUT2D eigenvalue weighted by Gasteiger charge is -2.04. The van der Waals surface area contributed by atoms with Gasteiger partial charge in [-0.25, -0.2) is 4.79 Å². The molecule has 72 valence electrons. The fraction of sp³-hybridized carbons (Fsp3) is 0.100. The molecule has 0 amide bonds. The second kappa shape index (κ2) is 3.06. The molecule has 0 fully saturated rings. The molecule has 0 radical (unpaired) electrons. The molecular formula is C10H9NO3. The Hall–Kier alpha value is -1.97. The van der Waals surface area contributed by atoms with E-state index in [9.17, 15) is 4.79 Å². The molecule has 2 rings (SSSR count). The molecular weight excluding hydrogens is 182 g/mol. The maximum Gasteiger partial charge on any atom is 0.336 e. The third-order valence-corrected chi connectivity index (χ3v) is 1.97. The minimum absolute atomic E-state index is 0.385. The summed E-state index contributed by atoms with van der Waals surface area (Å²) < 4.78 is 9.97. The highest BCUT2D eigenvalue weighted by Gasteiger charge is 2.03. The Morgan fingerprint density at radius 1 is 1.36 bits per heavy atom. The van der Waals surface area contributed by atoms with Crippen molar-refractivity contribution in [2.45, 2.75) is 0 Å². The van der Waals surface area contributed by atoms with Crippen LogP contribution in [0, 0.1) is 0 Å². The van der Waals surface area contributed by atoms with Crippen molar-refractivity contribution in [1.82, 2.24) is 0 Å². The minimum Gasteiger partial charge on any atom is -0.494 e. The first kappa shape index (κ1) is 8.62. The van der Waals surface area contributed by atoms with Crippen molar-refractivity contribution in [2.24, 2.45) is 0 Å². The molecule has 1 aromatic carbocycles. The Morgan fingerprint density at radius 3 is 2.86 bits per heavy atom. The minimum atomic E-state index is -0.385. The monoisotopic (exact) mass is 191 g/mol. The van der Waals surface area contributed by atoms with Crippen molar-refractivity contribution in [1.29, 1.82) is 0 Å². The first-order valence-corrected chi connectivity index (χ1v) is 4.08. The maximum absolute atomic E-state index is 10.9. The van der Waals surface area contributed by atoms with Crippen molar-refractivity contribution in [3.8, 4) is 5.75 Å². The van der Waals surface area contributed by atoms with Gasteiger partial charge in [0.15, 0.2) is 0 Å². The molecule has 1 aromatic heterocycles. The number of methoxy groups -OCH3 is 1. The fourth-order valence-corrected chi connectivity index (χ4v) is 1.29. The number of ether oxygens (including phenoxy) is 1. The van der Waals surface area contributed by atoms with Crippen molar-refractivity contribution in [3.05, 3.63) is 34.7 Å². The van der Waals surface area contributed by atoms with Gasteiger partial charge in [0.1, 0.15) is 11.3 Å². The summed E-state index contributed by atoms with van der Waals surface area (Å²) in [4.78, 5) is 10.9. The highest BCUT2D eigenvalue weighted by atomic mass is 16.5. The smallest absolute Gasteiger partial charge is 0.336 e. The van der Waals surface area contributed by atoms with Gasteiger partial charge in [-0.2, -0.15) is 0 Å². The number of benzene rings is 1. The average Bonchev–Trinajstić information content (AvgIpc) is 2.17. The second-order valence-corrected chi connectivity index (χ2v) is 2.89. The molecule has 4 nitrogen and oxygen atoms in total. The quantitative estimate of drug-likeness (QED) is 0.546. The van der Waals surface area contributed by atoms with Gasteiger partial charge in [-0.15, -0.1) is 0 Å². The zero-order valence-corrected chi connectivity index (χ0v) is 7.61. The third kappa shape index (κ3) is 1.31. The normalized spacial score (nSPS) is 10.4. The number of anilines is 1. The Bertz CT molecular complexity index is 530. The second-order valence-electron chi connectivity index (χ2n) is 2.89. The van der Waals surface area contributed by atoms with E-state index in [-0.39, 0.29) is 5.63 Å². The average molecular weight is 191 g/mol. The molecule has 2 aromatic rings. The van der Waals surface area contributed by atoms with Crippen molar-refractivity contribution < 1.29 is 9.15 Å². The summed E-state index contributed by atoms with van der Waals surface area (Å²) in [5.74, 6) is 0.506. The predicted octanol–water partition coefficient (Wildman–Crippen LogP) is 1.38. The summed E-state index contributed by atoms with van der Waals surface area (Å²) in [6.45, 7) is 0. The first-order valence-electron chi connectivity index (χ1n) is 4.08. The van der Waals surface area contributed by atoms with Crippen molar-refractivity contribution in [3.63, 3.8) is 0 Å². The Balaban J connectivity index is 2.80. The van der Waals surface area contributed by atoms with Crippen molar-refractivity contribution >= 4 is 16.7 Å². The summed E-state index contributed by atoms with van der Waals surface area (Å²) in [6.07, 6.45) is 0. The SMILES string of the molecule is COc1cc2oc(=O)ccc2cc1N. The highest BCUT2D eigenvalue weighted by molar-refractivity contribution is 5.83. The van der Waals surface area contributed by atoms with Crippen LogP contribution in [0.5, 0.6) is 5.75 Å². The van der Waals surface area contributed by atoms with Crippen LogP contribution in [0.15, 0.2) is 33.5 Å². The summed E-state index contributed by atoms with van der Waals surface area (Å²) in [5.41, 5.74) is 6.30.